The first-order valence-electron chi connectivity index (χ1n) is 7.15. The van der Waals surface area contributed by atoms with Crippen LogP contribution < -0.4 is 4.67 Å². The summed E-state index contributed by atoms with van der Waals surface area (Å²) >= 11 is 12.4. The van der Waals surface area contributed by atoms with E-state index in [-0.39, 0.29) is 21.4 Å². The van der Waals surface area contributed by atoms with Gasteiger partial charge in [0.25, 0.3) is 0 Å². The summed E-state index contributed by atoms with van der Waals surface area (Å²) in [5, 5.41) is 9.59. The topological polar surface area (TPSA) is 87.1 Å². The summed E-state index contributed by atoms with van der Waals surface area (Å²) in [7, 11) is -3.34. The number of nitrogens with zero attached hydrogens (tertiary/aromatic N) is 1. The average Bonchev–Trinajstić information content (AvgIpc) is 2.57. The van der Waals surface area contributed by atoms with Crippen molar-refractivity contribution >= 4 is 48.3 Å². The number of para-hydroxylation sites is 2. The molecule has 2 N–H and O–H groups in total. The van der Waals surface area contributed by atoms with Crippen molar-refractivity contribution in [2.75, 3.05) is 11.8 Å². The number of anilines is 2. The molecular formula is C16H16Cl2NO5P. The van der Waals surface area contributed by atoms with Crippen molar-refractivity contribution in [2.45, 2.75) is 12.8 Å². The Labute approximate surface area is 155 Å². The molecule has 0 saturated heterocycles. The second-order valence-electron chi connectivity index (χ2n) is 5.17. The number of halogens is 2. The van der Waals surface area contributed by atoms with E-state index in [4.69, 9.17) is 27.7 Å². The Morgan fingerprint density at radius 2 is 1.72 bits per heavy atom. The summed E-state index contributed by atoms with van der Waals surface area (Å²) < 4.78 is 18.5. The largest absolute Gasteiger partial charge is 0.481 e. The maximum absolute atomic E-state index is 12.7. The molecule has 6 nitrogen and oxygen atoms in total. The van der Waals surface area contributed by atoms with Crippen molar-refractivity contribution in [3.8, 4) is 0 Å². The third-order valence-electron chi connectivity index (χ3n) is 3.64. The molecule has 9 heteroatoms. The lowest BCUT2D eigenvalue weighted by molar-refractivity contribution is -0.138. The number of benzene rings is 2. The fraction of sp³-hybridized carbons (Fsp3) is 0.188. The van der Waals surface area contributed by atoms with Crippen molar-refractivity contribution in [3.05, 3.63) is 58.1 Å². The molecule has 0 saturated carbocycles. The predicted molar refractivity (Wildman–Crippen MR) is 97.9 cm³/mol. The number of aliphatic carboxylic acids is 1. The van der Waals surface area contributed by atoms with Gasteiger partial charge >= 0.3 is 13.7 Å². The minimum Gasteiger partial charge on any atom is -0.481 e. The molecule has 0 fully saturated rings. The molecule has 0 radical (unpaired) electrons. The highest BCUT2D eigenvalue weighted by molar-refractivity contribution is 7.55. The minimum atomic E-state index is -4.41. The van der Waals surface area contributed by atoms with Crippen molar-refractivity contribution in [3.63, 3.8) is 0 Å². The van der Waals surface area contributed by atoms with Gasteiger partial charge in [-0.1, -0.05) is 47.5 Å². The predicted octanol–water partition coefficient (Wildman–Crippen LogP) is 5.07. The number of hydrogen-bond donors (Lipinski definition) is 2. The smallest absolute Gasteiger partial charge is 0.437 e. The molecule has 2 unspecified atom stereocenters. The molecule has 0 aliphatic carbocycles. The lowest BCUT2D eigenvalue weighted by atomic mass is 9.99. The first kappa shape index (κ1) is 19.8. The highest BCUT2D eigenvalue weighted by Gasteiger charge is 2.36. The van der Waals surface area contributed by atoms with Crippen LogP contribution in [0.5, 0.6) is 0 Å². The van der Waals surface area contributed by atoms with E-state index in [0.717, 1.165) is 11.8 Å². The van der Waals surface area contributed by atoms with E-state index in [0.29, 0.717) is 5.56 Å². The first-order valence-corrected chi connectivity index (χ1v) is 9.44. The maximum Gasteiger partial charge on any atom is 0.437 e. The van der Waals surface area contributed by atoms with Gasteiger partial charge in [-0.05, 0) is 30.7 Å². The normalized spacial score (nSPS) is 14.6. The second-order valence-corrected chi connectivity index (χ2v) is 7.73. The fourth-order valence-corrected chi connectivity index (χ4v) is 4.11. The third kappa shape index (κ3) is 4.00. The Bertz CT molecular complexity index is 825. The van der Waals surface area contributed by atoms with Crippen LogP contribution in [0.25, 0.3) is 0 Å². The van der Waals surface area contributed by atoms with Crippen LogP contribution in [0.1, 0.15) is 18.4 Å². The molecule has 0 amide bonds. The highest BCUT2D eigenvalue weighted by Crippen LogP contribution is 2.57. The third-order valence-corrected chi connectivity index (χ3v) is 5.65. The van der Waals surface area contributed by atoms with E-state index in [1.54, 1.807) is 24.3 Å². The zero-order valence-electron chi connectivity index (χ0n) is 13.4. The summed E-state index contributed by atoms with van der Waals surface area (Å²) in [6.07, 6.45) is 0. The van der Waals surface area contributed by atoms with E-state index in [1.165, 1.54) is 25.1 Å². The lowest BCUT2D eigenvalue weighted by Gasteiger charge is -2.31. The van der Waals surface area contributed by atoms with E-state index < -0.39 is 19.6 Å². The van der Waals surface area contributed by atoms with Gasteiger partial charge < -0.3 is 10.00 Å². The average molecular weight is 404 g/mol. The lowest BCUT2D eigenvalue weighted by Crippen LogP contribution is -2.19. The van der Waals surface area contributed by atoms with Gasteiger partial charge in [0.05, 0.1) is 27.3 Å². The molecule has 0 heterocycles. The minimum absolute atomic E-state index is 0.0588. The summed E-state index contributed by atoms with van der Waals surface area (Å²) in [6.45, 7) is 1.47. The fourth-order valence-electron chi connectivity index (χ4n) is 2.34. The molecule has 0 aliphatic heterocycles. The van der Waals surface area contributed by atoms with Crippen LogP contribution in [-0.2, 0) is 13.9 Å². The Balaban J connectivity index is 2.80. The van der Waals surface area contributed by atoms with Gasteiger partial charge in [-0.3, -0.25) is 9.32 Å². The number of carboxylic acids is 1. The molecule has 2 aromatic carbocycles. The molecule has 2 rings (SSSR count). The monoisotopic (exact) mass is 403 g/mol. The van der Waals surface area contributed by atoms with Gasteiger partial charge in [0, 0.05) is 7.11 Å². The Kier molecular flexibility index (Phi) is 6.14. The van der Waals surface area contributed by atoms with Crippen molar-refractivity contribution in [1.29, 1.82) is 0 Å². The van der Waals surface area contributed by atoms with Crippen LogP contribution in [0.15, 0.2) is 42.5 Å². The molecule has 2 atom stereocenters. The summed E-state index contributed by atoms with van der Waals surface area (Å²) in [4.78, 5) is 21.8. The zero-order valence-corrected chi connectivity index (χ0v) is 15.8. The van der Waals surface area contributed by atoms with Gasteiger partial charge in [-0.2, -0.15) is 0 Å². The second kappa shape index (κ2) is 7.77. The summed E-state index contributed by atoms with van der Waals surface area (Å²) in [5.74, 6) is -2.01. The summed E-state index contributed by atoms with van der Waals surface area (Å²) in [5.41, 5.74) is 0.543. The molecule has 134 valence electrons. The van der Waals surface area contributed by atoms with Crippen LogP contribution in [0.4, 0.5) is 11.4 Å². The maximum atomic E-state index is 12.7. The van der Waals surface area contributed by atoms with Gasteiger partial charge in [0.2, 0.25) is 0 Å². The number of carbonyl (C=O) groups is 1. The number of hydrogen-bond acceptors (Lipinski definition) is 3. The van der Waals surface area contributed by atoms with Gasteiger partial charge in [0.1, 0.15) is 0 Å². The highest BCUT2D eigenvalue weighted by atomic mass is 35.5. The standard InChI is InChI=1S/C16H16Cl2NO5P/c1-10(16(20)21)11-6-3-4-9-14(11)19(25(22,23)24-2)15-12(17)7-5-8-13(15)18/h3-10H,1-2H3,(H,20,21)(H,22,23). The van der Waals surface area contributed by atoms with Crippen LogP contribution in [0.2, 0.25) is 10.0 Å². The molecule has 2 aromatic rings. The van der Waals surface area contributed by atoms with Crippen molar-refractivity contribution in [1.82, 2.24) is 0 Å². The SMILES string of the molecule is COP(=O)(O)N(c1ccccc1C(C)C(=O)O)c1c(Cl)cccc1Cl. The first-order chi connectivity index (χ1) is 11.7. The van der Waals surface area contributed by atoms with Crippen LogP contribution >= 0.6 is 30.9 Å². The Morgan fingerprint density at radius 3 is 2.24 bits per heavy atom. The van der Waals surface area contributed by atoms with Gasteiger partial charge in [0.15, 0.2) is 0 Å². The number of rotatable bonds is 6. The summed E-state index contributed by atoms with van der Waals surface area (Å²) in [6, 6.07) is 10.9. The van der Waals surface area contributed by atoms with Crippen LogP contribution in [-0.4, -0.2) is 23.1 Å². The quantitative estimate of drug-likeness (QED) is 0.654. The molecule has 25 heavy (non-hydrogen) atoms. The molecule has 0 spiro atoms. The van der Waals surface area contributed by atoms with E-state index in [9.17, 15) is 19.4 Å². The van der Waals surface area contributed by atoms with Crippen LogP contribution in [0.3, 0.4) is 0 Å². The van der Waals surface area contributed by atoms with Gasteiger partial charge in [-0.25, -0.2) is 9.24 Å². The van der Waals surface area contributed by atoms with E-state index in [1.807, 2.05) is 0 Å². The van der Waals surface area contributed by atoms with Crippen LogP contribution in [0, 0.1) is 0 Å². The van der Waals surface area contributed by atoms with Crippen molar-refractivity contribution < 1.29 is 23.9 Å². The Morgan fingerprint density at radius 1 is 1.16 bits per heavy atom. The number of carboxylic acid groups (broad SMARTS) is 1. The van der Waals surface area contributed by atoms with Gasteiger partial charge in [-0.15, -0.1) is 0 Å². The Hall–Kier alpha value is -1.56. The molecule has 0 bridgehead atoms. The molecule has 0 aliphatic rings. The zero-order chi connectivity index (χ0) is 18.8. The van der Waals surface area contributed by atoms with E-state index in [2.05, 4.69) is 0 Å². The van der Waals surface area contributed by atoms with E-state index >= 15 is 0 Å². The molecular weight excluding hydrogens is 388 g/mol. The van der Waals surface area contributed by atoms with Crippen molar-refractivity contribution in [2.24, 2.45) is 0 Å². The molecule has 0 aromatic heterocycles.